The zero-order valence-electron chi connectivity index (χ0n) is 9.81. The van der Waals surface area contributed by atoms with Crippen molar-refractivity contribution in [1.29, 1.82) is 0 Å². The van der Waals surface area contributed by atoms with Gasteiger partial charge in [-0.15, -0.1) is 0 Å². The molecule has 0 spiro atoms. The molecule has 1 N–H and O–H groups in total. The molecule has 0 aliphatic rings. The summed E-state index contributed by atoms with van der Waals surface area (Å²) in [5.74, 6) is 0.0792. The maximum Gasteiger partial charge on any atom is 0.257 e. The number of amides is 1. The van der Waals surface area contributed by atoms with Gasteiger partial charge in [0.05, 0.1) is 0 Å². The first-order valence-electron chi connectivity index (χ1n) is 5.57. The van der Waals surface area contributed by atoms with Gasteiger partial charge in [-0.05, 0) is 18.6 Å². The van der Waals surface area contributed by atoms with E-state index < -0.39 is 0 Å². The topological polar surface area (TPSA) is 68.0 Å². The van der Waals surface area contributed by atoms with Crippen LogP contribution in [0.3, 0.4) is 0 Å². The number of carbonyl (C=O) groups excluding carboxylic acids is 1. The van der Waals surface area contributed by atoms with E-state index in [9.17, 15) is 4.79 Å². The Labute approximate surface area is 109 Å². The van der Waals surface area contributed by atoms with Crippen molar-refractivity contribution in [1.82, 2.24) is 10.1 Å². The summed E-state index contributed by atoms with van der Waals surface area (Å²) in [5.41, 5.74) is 1.26. The van der Waals surface area contributed by atoms with Crippen LogP contribution in [-0.4, -0.2) is 16.0 Å². The van der Waals surface area contributed by atoms with Crippen LogP contribution in [0.5, 0.6) is 0 Å². The van der Waals surface area contributed by atoms with Crippen molar-refractivity contribution in [2.75, 3.05) is 5.32 Å². The molecule has 0 saturated carbocycles. The number of halogens is 1. The fourth-order valence-corrected chi connectivity index (χ4v) is 1.76. The first-order chi connectivity index (χ1) is 8.69. The summed E-state index contributed by atoms with van der Waals surface area (Å²) >= 11 is 5.89. The smallest absolute Gasteiger partial charge is 0.257 e. The first kappa shape index (κ1) is 12.6. The van der Waals surface area contributed by atoms with E-state index in [2.05, 4.69) is 20.0 Å². The van der Waals surface area contributed by atoms with E-state index in [-0.39, 0.29) is 5.91 Å². The molecular weight excluding hydrogens is 254 g/mol. The lowest BCUT2D eigenvalue weighted by Crippen LogP contribution is -2.13. The Bertz CT molecular complexity index is 540. The van der Waals surface area contributed by atoms with Crippen LogP contribution in [0, 0.1) is 0 Å². The number of aryl methyl sites for hydroxylation is 1. The minimum Gasteiger partial charge on any atom is -0.363 e. The number of pyridine rings is 1. The Balaban J connectivity index is 2.19. The van der Waals surface area contributed by atoms with Gasteiger partial charge in [-0.3, -0.25) is 4.79 Å². The molecule has 18 heavy (non-hydrogen) atoms. The predicted molar refractivity (Wildman–Crippen MR) is 67.7 cm³/mol. The van der Waals surface area contributed by atoms with Gasteiger partial charge in [0, 0.05) is 17.3 Å². The fourth-order valence-electron chi connectivity index (χ4n) is 1.53. The largest absolute Gasteiger partial charge is 0.363 e. The molecule has 6 heteroatoms. The van der Waals surface area contributed by atoms with Crippen LogP contribution >= 0.6 is 11.6 Å². The number of anilines is 1. The SMILES string of the molecule is CCCc1cc(C(=O)Nc2ccon2)cc(Cl)n1. The minimum absolute atomic E-state index is 0.287. The van der Waals surface area contributed by atoms with Crippen LogP contribution in [-0.2, 0) is 6.42 Å². The standard InChI is InChI=1S/C12H12ClN3O2/c1-2-3-9-6-8(7-10(13)14-9)12(17)15-11-4-5-18-16-11/h4-7H,2-3H2,1H3,(H,15,16,17). The molecule has 0 fully saturated rings. The highest BCUT2D eigenvalue weighted by molar-refractivity contribution is 6.29. The molecule has 5 nitrogen and oxygen atoms in total. The molecule has 1 amide bonds. The quantitative estimate of drug-likeness (QED) is 0.863. The van der Waals surface area contributed by atoms with E-state index in [0.717, 1.165) is 18.5 Å². The van der Waals surface area contributed by atoms with Crippen LogP contribution in [0.15, 0.2) is 29.0 Å². The Hall–Kier alpha value is -1.88. The molecule has 0 aromatic carbocycles. The second-order valence-electron chi connectivity index (χ2n) is 3.76. The first-order valence-corrected chi connectivity index (χ1v) is 5.95. The summed E-state index contributed by atoms with van der Waals surface area (Å²) in [7, 11) is 0. The molecule has 0 atom stereocenters. The van der Waals surface area contributed by atoms with Crippen molar-refractivity contribution in [3.63, 3.8) is 0 Å². The zero-order valence-corrected chi connectivity index (χ0v) is 10.6. The number of nitrogens with one attached hydrogen (secondary N) is 1. The lowest BCUT2D eigenvalue weighted by atomic mass is 10.1. The molecule has 0 unspecified atom stereocenters. The average molecular weight is 266 g/mol. The highest BCUT2D eigenvalue weighted by Gasteiger charge is 2.10. The summed E-state index contributed by atoms with van der Waals surface area (Å²) < 4.78 is 4.63. The van der Waals surface area contributed by atoms with Crippen LogP contribution < -0.4 is 5.32 Å². The molecule has 94 valence electrons. The Morgan fingerprint density at radius 3 is 3.00 bits per heavy atom. The molecule has 2 aromatic rings. The third-order valence-corrected chi connectivity index (χ3v) is 2.49. The van der Waals surface area contributed by atoms with Crippen molar-refractivity contribution in [2.24, 2.45) is 0 Å². The van der Waals surface area contributed by atoms with Gasteiger partial charge in [-0.25, -0.2) is 4.98 Å². The summed E-state index contributed by atoms with van der Waals surface area (Å²) in [6.07, 6.45) is 3.11. The van der Waals surface area contributed by atoms with Crippen LogP contribution in [0.1, 0.15) is 29.4 Å². The highest BCUT2D eigenvalue weighted by atomic mass is 35.5. The summed E-state index contributed by atoms with van der Waals surface area (Å²) in [6, 6.07) is 4.81. The normalized spacial score (nSPS) is 10.3. The van der Waals surface area contributed by atoms with Gasteiger partial charge in [-0.2, -0.15) is 0 Å². The monoisotopic (exact) mass is 265 g/mol. The maximum atomic E-state index is 11.9. The van der Waals surface area contributed by atoms with E-state index in [4.69, 9.17) is 11.6 Å². The van der Waals surface area contributed by atoms with Gasteiger partial charge in [0.2, 0.25) is 0 Å². The molecule has 0 aliphatic carbocycles. The van der Waals surface area contributed by atoms with E-state index >= 15 is 0 Å². The third kappa shape index (κ3) is 3.07. The highest BCUT2D eigenvalue weighted by Crippen LogP contribution is 2.14. The fraction of sp³-hybridized carbons (Fsp3) is 0.250. The Kier molecular flexibility index (Phi) is 3.94. The number of rotatable bonds is 4. The second-order valence-corrected chi connectivity index (χ2v) is 4.15. The molecule has 0 radical (unpaired) electrons. The number of carbonyl (C=O) groups is 1. The van der Waals surface area contributed by atoms with Crippen molar-refractivity contribution in [2.45, 2.75) is 19.8 Å². The van der Waals surface area contributed by atoms with E-state index in [0.29, 0.717) is 16.5 Å². The van der Waals surface area contributed by atoms with Gasteiger partial charge in [0.25, 0.3) is 5.91 Å². The Morgan fingerprint density at radius 1 is 1.50 bits per heavy atom. The summed E-state index contributed by atoms with van der Waals surface area (Å²) in [6.45, 7) is 2.04. The van der Waals surface area contributed by atoms with Crippen LogP contribution in [0.2, 0.25) is 5.15 Å². The molecule has 2 heterocycles. The van der Waals surface area contributed by atoms with Crippen molar-refractivity contribution in [3.8, 4) is 0 Å². The van der Waals surface area contributed by atoms with Crippen LogP contribution in [0.4, 0.5) is 5.82 Å². The van der Waals surface area contributed by atoms with E-state index in [1.807, 2.05) is 6.92 Å². The second kappa shape index (κ2) is 5.64. The third-order valence-electron chi connectivity index (χ3n) is 2.29. The molecule has 0 aliphatic heterocycles. The van der Waals surface area contributed by atoms with E-state index in [1.165, 1.54) is 12.3 Å². The van der Waals surface area contributed by atoms with E-state index in [1.54, 1.807) is 12.1 Å². The van der Waals surface area contributed by atoms with Gasteiger partial charge in [0.15, 0.2) is 5.82 Å². The molecule has 0 saturated heterocycles. The van der Waals surface area contributed by atoms with Crippen LogP contribution in [0.25, 0.3) is 0 Å². The lowest BCUT2D eigenvalue weighted by molar-refractivity contribution is 0.102. The van der Waals surface area contributed by atoms with Gasteiger partial charge < -0.3 is 9.84 Å². The summed E-state index contributed by atoms with van der Waals surface area (Å²) in [4.78, 5) is 16.1. The average Bonchev–Trinajstić information content (AvgIpc) is 2.81. The van der Waals surface area contributed by atoms with Crippen molar-refractivity contribution in [3.05, 3.63) is 40.9 Å². The molecular formula is C12H12ClN3O2. The van der Waals surface area contributed by atoms with Gasteiger partial charge >= 0.3 is 0 Å². The predicted octanol–water partition coefficient (Wildman–Crippen LogP) is 2.93. The number of aromatic nitrogens is 2. The molecule has 2 rings (SSSR count). The summed E-state index contributed by atoms with van der Waals surface area (Å²) in [5, 5.41) is 6.52. The van der Waals surface area contributed by atoms with Gasteiger partial charge in [-0.1, -0.05) is 30.1 Å². The minimum atomic E-state index is -0.287. The zero-order chi connectivity index (χ0) is 13.0. The molecule has 2 aromatic heterocycles. The molecule has 0 bridgehead atoms. The number of nitrogens with zero attached hydrogens (tertiary/aromatic N) is 2. The van der Waals surface area contributed by atoms with Gasteiger partial charge in [0.1, 0.15) is 11.4 Å². The van der Waals surface area contributed by atoms with Crippen molar-refractivity contribution >= 4 is 23.3 Å². The van der Waals surface area contributed by atoms with Crippen molar-refractivity contribution < 1.29 is 9.32 Å². The number of hydrogen-bond donors (Lipinski definition) is 1. The number of hydrogen-bond acceptors (Lipinski definition) is 4. The Morgan fingerprint density at radius 2 is 2.33 bits per heavy atom. The lowest BCUT2D eigenvalue weighted by Gasteiger charge is -2.05. The maximum absolute atomic E-state index is 11.9.